The largest absolute Gasteiger partial charge is 0.481 e. The van der Waals surface area contributed by atoms with Crippen LogP contribution in [0.5, 0.6) is 0 Å². The molecule has 0 aromatic heterocycles. The summed E-state index contributed by atoms with van der Waals surface area (Å²) in [6, 6.07) is 25.4. The highest BCUT2D eigenvalue weighted by Gasteiger charge is 2.55. The summed E-state index contributed by atoms with van der Waals surface area (Å²) in [6.45, 7) is 0. The number of nitrogens with zero attached hydrogens (tertiary/aromatic N) is 1. The molecule has 3 aliphatic carbocycles. The predicted octanol–water partition coefficient (Wildman–Crippen LogP) is 4.26. The Labute approximate surface area is 169 Å². The Morgan fingerprint density at radius 3 is 1.55 bits per heavy atom. The maximum absolute atomic E-state index is 13.7. The molecule has 29 heavy (non-hydrogen) atoms. The molecule has 3 aromatic rings. The van der Waals surface area contributed by atoms with Crippen molar-refractivity contribution in [2.24, 2.45) is 11.8 Å². The van der Waals surface area contributed by atoms with Gasteiger partial charge in [0.25, 0.3) is 0 Å². The van der Waals surface area contributed by atoms with Crippen molar-refractivity contribution in [3.05, 3.63) is 101 Å². The molecule has 0 saturated heterocycles. The van der Waals surface area contributed by atoms with Gasteiger partial charge in [-0.2, -0.15) is 0 Å². The Hall–Kier alpha value is -3.40. The van der Waals surface area contributed by atoms with Gasteiger partial charge < -0.3 is 10.0 Å². The van der Waals surface area contributed by atoms with Crippen LogP contribution in [0.2, 0.25) is 0 Å². The van der Waals surface area contributed by atoms with Gasteiger partial charge in [-0.1, -0.05) is 66.7 Å². The molecule has 4 nitrogen and oxygen atoms in total. The van der Waals surface area contributed by atoms with Gasteiger partial charge in [-0.05, 0) is 34.4 Å². The van der Waals surface area contributed by atoms with Crippen LogP contribution >= 0.6 is 0 Å². The third kappa shape index (κ3) is 2.52. The molecule has 2 atom stereocenters. The Kier molecular flexibility index (Phi) is 4.02. The number of carboxylic acid groups (broad SMARTS) is 1. The molecule has 0 spiro atoms. The van der Waals surface area contributed by atoms with Gasteiger partial charge in [-0.15, -0.1) is 0 Å². The van der Waals surface area contributed by atoms with Gasteiger partial charge >= 0.3 is 5.97 Å². The van der Waals surface area contributed by atoms with Gasteiger partial charge in [0.05, 0.1) is 11.8 Å². The highest BCUT2D eigenvalue weighted by atomic mass is 16.4. The van der Waals surface area contributed by atoms with Crippen LogP contribution in [-0.4, -0.2) is 24.0 Å². The highest BCUT2D eigenvalue weighted by molar-refractivity contribution is 5.99. The minimum Gasteiger partial charge on any atom is -0.481 e. The van der Waals surface area contributed by atoms with Crippen molar-refractivity contribution >= 4 is 17.6 Å². The fraction of sp³-hybridized carbons (Fsp3) is 0.200. The second kappa shape index (κ2) is 6.59. The average Bonchev–Trinajstić information content (AvgIpc) is 2.78. The number of anilines is 1. The van der Waals surface area contributed by atoms with Crippen LogP contribution in [0.1, 0.15) is 34.1 Å². The van der Waals surface area contributed by atoms with Crippen LogP contribution in [-0.2, 0) is 9.59 Å². The number of benzene rings is 3. The maximum Gasteiger partial charge on any atom is 0.308 e. The fourth-order valence-corrected chi connectivity index (χ4v) is 5.27. The van der Waals surface area contributed by atoms with Crippen LogP contribution in [0.15, 0.2) is 78.9 Å². The summed E-state index contributed by atoms with van der Waals surface area (Å²) in [7, 11) is 1.73. The van der Waals surface area contributed by atoms with Crippen molar-refractivity contribution in [3.8, 4) is 0 Å². The summed E-state index contributed by atoms with van der Waals surface area (Å²) in [4.78, 5) is 27.8. The number of hydrogen-bond acceptors (Lipinski definition) is 2. The summed E-state index contributed by atoms with van der Waals surface area (Å²) in [5.41, 5.74) is 5.00. The van der Waals surface area contributed by atoms with Crippen molar-refractivity contribution in [2.45, 2.75) is 11.8 Å². The number of para-hydroxylation sites is 1. The number of rotatable bonds is 3. The molecule has 0 radical (unpaired) electrons. The topological polar surface area (TPSA) is 57.6 Å². The lowest BCUT2D eigenvalue weighted by molar-refractivity contribution is -0.148. The van der Waals surface area contributed by atoms with E-state index in [4.69, 9.17) is 0 Å². The molecule has 0 aliphatic heterocycles. The minimum atomic E-state index is -0.913. The first-order valence-electron chi connectivity index (χ1n) is 9.82. The van der Waals surface area contributed by atoms with E-state index in [2.05, 4.69) is 0 Å². The van der Waals surface area contributed by atoms with E-state index in [1.54, 1.807) is 11.9 Å². The summed E-state index contributed by atoms with van der Waals surface area (Å²) < 4.78 is 0. The summed E-state index contributed by atoms with van der Waals surface area (Å²) in [5.74, 6) is -3.07. The van der Waals surface area contributed by atoms with Gasteiger partial charge in [-0.3, -0.25) is 9.59 Å². The van der Waals surface area contributed by atoms with E-state index in [9.17, 15) is 14.7 Å². The van der Waals surface area contributed by atoms with Crippen LogP contribution in [0, 0.1) is 11.8 Å². The zero-order chi connectivity index (χ0) is 20.1. The molecule has 0 fully saturated rings. The number of carbonyl (C=O) groups is 2. The number of carboxylic acids is 1. The van der Waals surface area contributed by atoms with Crippen LogP contribution in [0.25, 0.3) is 0 Å². The first-order chi connectivity index (χ1) is 14.1. The van der Waals surface area contributed by atoms with E-state index >= 15 is 0 Å². The molecule has 144 valence electrons. The van der Waals surface area contributed by atoms with Gasteiger partial charge in [0.2, 0.25) is 5.91 Å². The molecule has 3 aliphatic rings. The molecular formula is C25H21NO3. The quantitative estimate of drug-likeness (QED) is 0.735. The minimum absolute atomic E-state index is 0.150. The normalized spacial score (nSPS) is 23.8. The Bertz CT molecular complexity index is 1060. The number of carbonyl (C=O) groups excluding carboxylic acids is 1. The van der Waals surface area contributed by atoms with Gasteiger partial charge in [0.15, 0.2) is 0 Å². The average molecular weight is 383 g/mol. The number of fused-ring (bicyclic) bond motifs is 1. The lowest BCUT2D eigenvalue weighted by Crippen LogP contribution is -2.50. The van der Waals surface area contributed by atoms with E-state index in [0.717, 1.165) is 27.9 Å². The number of hydrogen-bond donors (Lipinski definition) is 1. The highest BCUT2D eigenvalue weighted by Crippen LogP contribution is 2.58. The van der Waals surface area contributed by atoms with Crippen LogP contribution < -0.4 is 4.90 Å². The third-order valence-corrected chi connectivity index (χ3v) is 6.48. The first-order valence-corrected chi connectivity index (χ1v) is 9.82. The molecule has 1 amide bonds. The van der Waals surface area contributed by atoms with Crippen molar-refractivity contribution in [2.75, 3.05) is 11.9 Å². The third-order valence-electron chi connectivity index (χ3n) is 6.48. The molecule has 6 rings (SSSR count). The molecule has 0 saturated carbocycles. The van der Waals surface area contributed by atoms with Crippen molar-refractivity contribution < 1.29 is 14.7 Å². The van der Waals surface area contributed by atoms with Crippen LogP contribution in [0.4, 0.5) is 5.69 Å². The summed E-state index contributed by atoms with van der Waals surface area (Å²) in [6.07, 6.45) is 0. The predicted molar refractivity (Wildman–Crippen MR) is 111 cm³/mol. The van der Waals surface area contributed by atoms with E-state index in [1.165, 1.54) is 0 Å². The lowest BCUT2D eigenvalue weighted by atomic mass is 9.54. The van der Waals surface area contributed by atoms with Gasteiger partial charge in [0.1, 0.15) is 0 Å². The fourth-order valence-electron chi connectivity index (χ4n) is 5.27. The van der Waals surface area contributed by atoms with Crippen molar-refractivity contribution in [1.29, 1.82) is 0 Å². The van der Waals surface area contributed by atoms with Crippen LogP contribution in [0.3, 0.4) is 0 Å². The van der Waals surface area contributed by atoms with E-state index < -0.39 is 17.8 Å². The van der Waals surface area contributed by atoms with Crippen molar-refractivity contribution in [3.63, 3.8) is 0 Å². The zero-order valence-electron chi connectivity index (χ0n) is 16.0. The molecule has 1 N–H and O–H groups in total. The number of amides is 1. The molecule has 2 bridgehead atoms. The molecule has 3 aromatic carbocycles. The Morgan fingerprint density at radius 1 is 0.690 bits per heavy atom. The summed E-state index contributed by atoms with van der Waals surface area (Å²) in [5, 5.41) is 10.2. The Morgan fingerprint density at radius 2 is 1.10 bits per heavy atom. The van der Waals surface area contributed by atoms with Crippen molar-refractivity contribution in [1.82, 2.24) is 0 Å². The Balaban J connectivity index is 1.70. The maximum atomic E-state index is 13.7. The first kappa shape index (κ1) is 17.7. The summed E-state index contributed by atoms with van der Waals surface area (Å²) >= 11 is 0. The molecule has 4 heteroatoms. The van der Waals surface area contributed by atoms with E-state index in [-0.39, 0.29) is 17.7 Å². The standard InChI is InChI=1S/C25H21NO3/c1-26(15-9-3-2-4-10-15)24(27)22-20-16-11-5-7-13-18(16)21(23(22)25(28)29)19-14-8-6-12-17(19)20/h2-14,20-23H,1H3,(H,28,29). The molecule has 2 unspecified atom stereocenters. The van der Waals surface area contributed by atoms with Gasteiger partial charge in [0, 0.05) is 24.6 Å². The van der Waals surface area contributed by atoms with E-state index in [1.807, 2.05) is 78.9 Å². The zero-order valence-corrected chi connectivity index (χ0v) is 16.0. The molecular weight excluding hydrogens is 362 g/mol. The monoisotopic (exact) mass is 383 g/mol. The lowest BCUT2D eigenvalue weighted by Gasteiger charge is -2.49. The number of aliphatic carboxylic acids is 1. The van der Waals surface area contributed by atoms with Gasteiger partial charge in [-0.25, -0.2) is 0 Å². The SMILES string of the molecule is CN(C(=O)C1C2c3ccccc3C(c3ccccc32)C1C(=O)O)c1ccccc1. The second-order valence-electron chi connectivity index (χ2n) is 7.84. The van der Waals surface area contributed by atoms with E-state index in [0.29, 0.717) is 0 Å². The second-order valence-corrected chi connectivity index (χ2v) is 7.84. The molecule has 0 heterocycles. The smallest absolute Gasteiger partial charge is 0.308 e.